The molecule has 0 aliphatic heterocycles. The van der Waals surface area contributed by atoms with E-state index in [2.05, 4.69) is 10.4 Å². The summed E-state index contributed by atoms with van der Waals surface area (Å²) < 4.78 is 28.2. The molecule has 0 radical (unpaired) electrons. The topological polar surface area (TPSA) is 50.2 Å². The molecule has 7 heteroatoms. The van der Waals surface area contributed by atoms with Crippen molar-refractivity contribution in [2.45, 2.75) is 20.4 Å². The molecule has 0 bridgehead atoms. The molecule has 1 heterocycles. The number of carbonyl (C=O) groups is 1. The fraction of sp³-hybridized carbons (Fsp3) is 0.375. The monoisotopic (exact) mass is 322 g/mol. The van der Waals surface area contributed by atoms with Gasteiger partial charge in [0.05, 0.1) is 17.9 Å². The molecule has 1 aromatic carbocycles. The van der Waals surface area contributed by atoms with Crippen LogP contribution in [0.2, 0.25) is 0 Å². The molecule has 0 saturated carbocycles. The summed E-state index contributed by atoms with van der Waals surface area (Å²) in [7, 11) is 3.67. The number of rotatable bonds is 5. The third-order valence-electron chi connectivity index (χ3n) is 3.71. The van der Waals surface area contributed by atoms with Gasteiger partial charge in [0.25, 0.3) is 0 Å². The summed E-state index contributed by atoms with van der Waals surface area (Å²) >= 11 is 0. The molecule has 2 rings (SSSR count). The Morgan fingerprint density at radius 3 is 2.61 bits per heavy atom. The van der Waals surface area contributed by atoms with E-state index in [1.165, 1.54) is 6.07 Å². The van der Waals surface area contributed by atoms with Crippen molar-refractivity contribution in [1.29, 1.82) is 0 Å². The highest BCUT2D eigenvalue weighted by molar-refractivity contribution is 5.92. The highest BCUT2D eigenvalue weighted by Crippen LogP contribution is 2.16. The van der Waals surface area contributed by atoms with Crippen LogP contribution in [0.25, 0.3) is 0 Å². The molecular formula is C16H20F2N4O. The molecule has 0 saturated heterocycles. The summed E-state index contributed by atoms with van der Waals surface area (Å²) in [4.78, 5) is 13.8. The van der Waals surface area contributed by atoms with E-state index in [1.54, 1.807) is 11.7 Å². The molecule has 124 valence electrons. The first kappa shape index (κ1) is 17.1. The van der Waals surface area contributed by atoms with Crippen LogP contribution in [0, 0.1) is 25.5 Å². The molecule has 0 aliphatic carbocycles. The maximum absolute atomic E-state index is 13.5. The van der Waals surface area contributed by atoms with Gasteiger partial charge in [0, 0.05) is 30.9 Å². The summed E-state index contributed by atoms with van der Waals surface area (Å²) in [5, 5.41) is 6.78. The number of aryl methyl sites for hydroxylation is 2. The van der Waals surface area contributed by atoms with Crippen LogP contribution in [0.4, 0.5) is 14.5 Å². The number of hydrogen-bond donors (Lipinski definition) is 1. The van der Waals surface area contributed by atoms with Gasteiger partial charge in [-0.25, -0.2) is 8.78 Å². The standard InChI is InChI=1S/C16H20F2N4O/c1-10-13(11(2)22(4)20-10)8-21(3)9-16(23)19-15-6-5-12(17)7-14(15)18/h5-7H,8-9H2,1-4H3,(H,19,23). The lowest BCUT2D eigenvalue weighted by Crippen LogP contribution is -2.30. The maximum Gasteiger partial charge on any atom is 0.238 e. The van der Waals surface area contributed by atoms with Gasteiger partial charge in [0.2, 0.25) is 5.91 Å². The molecule has 0 atom stereocenters. The fourth-order valence-corrected chi connectivity index (χ4v) is 2.40. The summed E-state index contributed by atoms with van der Waals surface area (Å²) in [6, 6.07) is 3.05. The van der Waals surface area contributed by atoms with Gasteiger partial charge in [0.15, 0.2) is 0 Å². The first-order chi connectivity index (χ1) is 10.8. The maximum atomic E-state index is 13.5. The van der Waals surface area contributed by atoms with E-state index >= 15 is 0 Å². The Morgan fingerprint density at radius 1 is 1.35 bits per heavy atom. The number of amides is 1. The van der Waals surface area contributed by atoms with Crippen LogP contribution in [0.1, 0.15) is 17.0 Å². The Bertz CT molecular complexity index is 727. The zero-order valence-electron chi connectivity index (χ0n) is 13.7. The zero-order valence-corrected chi connectivity index (χ0v) is 13.7. The van der Waals surface area contributed by atoms with Gasteiger partial charge in [0.1, 0.15) is 11.6 Å². The van der Waals surface area contributed by atoms with E-state index in [0.29, 0.717) is 6.54 Å². The van der Waals surface area contributed by atoms with Crippen LogP contribution in [0.5, 0.6) is 0 Å². The summed E-state index contributed by atoms with van der Waals surface area (Å²) in [6.07, 6.45) is 0. The van der Waals surface area contributed by atoms with Crippen molar-refractivity contribution in [1.82, 2.24) is 14.7 Å². The SMILES string of the molecule is Cc1nn(C)c(C)c1CN(C)CC(=O)Nc1ccc(F)cc1F. The van der Waals surface area contributed by atoms with Crippen LogP contribution in [-0.4, -0.2) is 34.2 Å². The number of anilines is 1. The zero-order chi connectivity index (χ0) is 17.1. The quantitative estimate of drug-likeness (QED) is 0.919. The first-order valence-electron chi connectivity index (χ1n) is 7.20. The normalized spacial score (nSPS) is 11.1. The predicted octanol–water partition coefficient (Wildman–Crippen LogP) is 2.39. The van der Waals surface area contributed by atoms with Crippen molar-refractivity contribution in [2.75, 3.05) is 18.9 Å². The molecule has 1 N–H and O–H groups in total. The highest BCUT2D eigenvalue weighted by Gasteiger charge is 2.14. The average Bonchev–Trinajstić information content (AvgIpc) is 2.68. The number of carbonyl (C=O) groups excluding carboxylic acids is 1. The average molecular weight is 322 g/mol. The number of nitrogens with zero attached hydrogens (tertiary/aromatic N) is 3. The number of nitrogens with one attached hydrogen (secondary N) is 1. The Kier molecular flexibility index (Phi) is 5.10. The molecule has 1 amide bonds. The summed E-state index contributed by atoms with van der Waals surface area (Å²) in [6.45, 7) is 4.54. The minimum atomic E-state index is -0.792. The van der Waals surface area contributed by atoms with Gasteiger partial charge in [-0.2, -0.15) is 5.10 Å². The molecule has 0 spiro atoms. The van der Waals surface area contributed by atoms with Crippen LogP contribution < -0.4 is 5.32 Å². The van der Waals surface area contributed by atoms with Crippen molar-refractivity contribution < 1.29 is 13.6 Å². The number of benzene rings is 1. The van der Waals surface area contributed by atoms with Gasteiger partial charge in [-0.3, -0.25) is 14.4 Å². The van der Waals surface area contributed by atoms with Crippen molar-refractivity contribution in [3.8, 4) is 0 Å². The van der Waals surface area contributed by atoms with Gasteiger partial charge in [-0.05, 0) is 33.0 Å². The van der Waals surface area contributed by atoms with Gasteiger partial charge in [-0.15, -0.1) is 0 Å². The van der Waals surface area contributed by atoms with Gasteiger partial charge >= 0.3 is 0 Å². The fourth-order valence-electron chi connectivity index (χ4n) is 2.40. The van der Waals surface area contributed by atoms with Crippen molar-refractivity contribution >= 4 is 11.6 Å². The summed E-state index contributed by atoms with van der Waals surface area (Å²) in [5.41, 5.74) is 3.00. The molecule has 5 nitrogen and oxygen atoms in total. The molecule has 1 aromatic heterocycles. The van der Waals surface area contributed by atoms with Gasteiger partial charge < -0.3 is 5.32 Å². The number of hydrogen-bond acceptors (Lipinski definition) is 3. The molecule has 0 aliphatic rings. The highest BCUT2D eigenvalue weighted by atomic mass is 19.1. The first-order valence-corrected chi connectivity index (χ1v) is 7.20. The van der Waals surface area contributed by atoms with E-state index in [9.17, 15) is 13.6 Å². The van der Waals surface area contributed by atoms with Crippen LogP contribution in [0.3, 0.4) is 0 Å². The summed E-state index contributed by atoms with van der Waals surface area (Å²) in [5.74, 6) is -1.84. The smallest absolute Gasteiger partial charge is 0.238 e. The third kappa shape index (κ3) is 4.13. The van der Waals surface area contributed by atoms with E-state index < -0.39 is 11.6 Å². The molecule has 0 unspecified atom stereocenters. The van der Waals surface area contributed by atoms with E-state index in [0.717, 1.165) is 29.1 Å². The van der Waals surface area contributed by atoms with E-state index in [-0.39, 0.29) is 18.1 Å². The second-order valence-corrected chi connectivity index (χ2v) is 5.62. The number of halogens is 2. The van der Waals surface area contributed by atoms with Crippen LogP contribution in [0.15, 0.2) is 18.2 Å². The molecule has 2 aromatic rings. The van der Waals surface area contributed by atoms with Crippen LogP contribution >= 0.6 is 0 Å². The lowest BCUT2D eigenvalue weighted by Gasteiger charge is -2.17. The third-order valence-corrected chi connectivity index (χ3v) is 3.71. The lowest BCUT2D eigenvalue weighted by molar-refractivity contribution is -0.117. The van der Waals surface area contributed by atoms with Crippen molar-refractivity contribution in [3.63, 3.8) is 0 Å². The Balaban J connectivity index is 1.97. The Labute approximate surface area is 133 Å². The van der Waals surface area contributed by atoms with E-state index in [4.69, 9.17) is 0 Å². The second-order valence-electron chi connectivity index (χ2n) is 5.62. The van der Waals surface area contributed by atoms with Gasteiger partial charge in [-0.1, -0.05) is 0 Å². The van der Waals surface area contributed by atoms with Crippen LogP contribution in [-0.2, 0) is 18.4 Å². The lowest BCUT2D eigenvalue weighted by atomic mass is 10.2. The molecule has 23 heavy (non-hydrogen) atoms. The molecular weight excluding hydrogens is 302 g/mol. The minimum Gasteiger partial charge on any atom is -0.322 e. The molecule has 0 fully saturated rings. The number of likely N-dealkylation sites (N-methyl/N-ethyl adjacent to an activating group) is 1. The van der Waals surface area contributed by atoms with Crippen molar-refractivity contribution in [3.05, 3.63) is 46.8 Å². The van der Waals surface area contributed by atoms with Crippen molar-refractivity contribution in [2.24, 2.45) is 7.05 Å². The Morgan fingerprint density at radius 2 is 2.04 bits per heavy atom. The second kappa shape index (κ2) is 6.87. The minimum absolute atomic E-state index is 0.0291. The Hall–Kier alpha value is -2.28. The largest absolute Gasteiger partial charge is 0.322 e. The number of aromatic nitrogens is 2. The predicted molar refractivity (Wildman–Crippen MR) is 84.0 cm³/mol. The van der Waals surface area contributed by atoms with E-state index in [1.807, 2.05) is 25.8 Å².